The lowest BCUT2D eigenvalue weighted by molar-refractivity contribution is 0.102. The molecule has 5 heteroatoms. The van der Waals surface area contributed by atoms with E-state index < -0.39 is 0 Å². The second-order valence-corrected chi connectivity index (χ2v) is 5.17. The van der Waals surface area contributed by atoms with Crippen molar-refractivity contribution in [3.05, 3.63) is 53.0 Å². The van der Waals surface area contributed by atoms with Crippen LogP contribution in [0.2, 0.25) is 0 Å². The summed E-state index contributed by atoms with van der Waals surface area (Å²) in [6.07, 6.45) is 0.705. The molecule has 0 bridgehead atoms. The molecule has 2 aromatic carbocycles. The summed E-state index contributed by atoms with van der Waals surface area (Å²) >= 11 is 1.13. The molecule has 1 N–H and O–H groups in total. The van der Waals surface area contributed by atoms with Crippen molar-refractivity contribution < 1.29 is 4.79 Å². The molecule has 0 saturated carbocycles. The van der Waals surface area contributed by atoms with E-state index >= 15 is 0 Å². The van der Waals surface area contributed by atoms with Crippen LogP contribution in [-0.2, 0) is 6.42 Å². The van der Waals surface area contributed by atoms with Crippen molar-refractivity contribution >= 4 is 33.9 Å². The molecule has 0 saturated heterocycles. The molecule has 0 atom stereocenters. The van der Waals surface area contributed by atoms with Gasteiger partial charge >= 0.3 is 0 Å². The highest BCUT2D eigenvalue weighted by molar-refractivity contribution is 7.08. The minimum absolute atomic E-state index is 0.146. The maximum atomic E-state index is 12.2. The standard InChI is InChI=1S/C15H13N3OS/c1-2-13-14(20-18-17-13)15(19)16-12-8-7-10-5-3-4-6-11(10)9-12/h3-9H,2H2,1H3,(H,16,19). The maximum absolute atomic E-state index is 12.2. The number of aryl methyl sites for hydroxylation is 1. The summed E-state index contributed by atoms with van der Waals surface area (Å²) in [5.41, 5.74) is 1.53. The number of aromatic nitrogens is 2. The van der Waals surface area contributed by atoms with Gasteiger partial charge in [0, 0.05) is 5.69 Å². The molecule has 1 amide bonds. The van der Waals surface area contributed by atoms with Crippen LogP contribution in [0.15, 0.2) is 42.5 Å². The summed E-state index contributed by atoms with van der Waals surface area (Å²) in [6.45, 7) is 1.96. The Bertz CT molecular complexity index is 766. The highest BCUT2D eigenvalue weighted by Gasteiger charge is 2.15. The minimum Gasteiger partial charge on any atom is -0.321 e. The van der Waals surface area contributed by atoms with E-state index in [0.29, 0.717) is 11.3 Å². The van der Waals surface area contributed by atoms with Crippen LogP contribution in [0, 0.1) is 0 Å². The van der Waals surface area contributed by atoms with Crippen molar-refractivity contribution in [3.63, 3.8) is 0 Å². The van der Waals surface area contributed by atoms with Crippen LogP contribution >= 0.6 is 11.5 Å². The number of fused-ring (bicyclic) bond motifs is 1. The van der Waals surface area contributed by atoms with E-state index in [9.17, 15) is 4.79 Å². The van der Waals surface area contributed by atoms with Crippen molar-refractivity contribution in [1.82, 2.24) is 9.59 Å². The number of amides is 1. The van der Waals surface area contributed by atoms with E-state index in [1.807, 2.05) is 49.4 Å². The number of nitrogens with zero attached hydrogens (tertiary/aromatic N) is 2. The average Bonchev–Trinajstić information content (AvgIpc) is 2.95. The zero-order valence-electron chi connectivity index (χ0n) is 11.0. The molecular weight excluding hydrogens is 270 g/mol. The van der Waals surface area contributed by atoms with E-state index in [4.69, 9.17) is 0 Å². The molecule has 3 aromatic rings. The Kier molecular flexibility index (Phi) is 3.43. The third-order valence-electron chi connectivity index (χ3n) is 3.10. The quantitative estimate of drug-likeness (QED) is 0.800. The van der Waals surface area contributed by atoms with E-state index in [1.54, 1.807) is 0 Å². The molecule has 0 aliphatic rings. The summed E-state index contributed by atoms with van der Waals surface area (Å²) in [5, 5.41) is 9.11. The Morgan fingerprint density at radius 2 is 2.00 bits per heavy atom. The van der Waals surface area contributed by atoms with Crippen molar-refractivity contribution in [2.24, 2.45) is 0 Å². The van der Waals surface area contributed by atoms with Gasteiger partial charge in [-0.3, -0.25) is 4.79 Å². The van der Waals surface area contributed by atoms with Crippen LogP contribution in [0.4, 0.5) is 5.69 Å². The molecule has 0 radical (unpaired) electrons. The number of hydrogen-bond donors (Lipinski definition) is 1. The summed E-state index contributed by atoms with van der Waals surface area (Å²) < 4.78 is 3.84. The fourth-order valence-electron chi connectivity index (χ4n) is 2.07. The lowest BCUT2D eigenvalue weighted by Gasteiger charge is -2.05. The zero-order valence-corrected chi connectivity index (χ0v) is 11.8. The molecule has 20 heavy (non-hydrogen) atoms. The van der Waals surface area contributed by atoms with Gasteiger partial charge in [-0.05, 0) is 40.9 Å². The van der Waals surface area contributed by atoms with Crippen molar-refractivity contribution in [3.8, 4) is 0 Å². The minimum atomic E-state index is -0.146. The third-order valence-corrected chi connectivity index (χ3v) is 3.87. The highest BCUT2D eigenvalue weighted by atomic mass is 32.1. The monoisotopic (exact) mass is 283 g/mol. The predicted molar refractivity (Wildman–Crippen MR) is 81.2 cm³/mol. The summed E-state index contributed by atoms with van der Waals surface area (Å²) in [7, 11) is 0. The van der Waals surface area contributed by atoms with Gasteiger partial charge in [0.15, 0.2) is 0 Å². The Hall–Kier alpha value is -2.27. The highest BCUT2D eigenvalue weighted by Crippen LogP contribution is 2.20. The second kappa shape index (κ2) is 5.38. The topological polar surface area (TPSA) is 54.9 Å². The molecule has 100 valence electrons. The lowest BCUT2D eigenvalue weighted by atomic mass is 10.1. The fourth-order valence-corrected chi connectivity index (χ4v) is 2.71. The van der Waals surface area contributed by atoms with Crippen LogP contribution in [0.25, 0.3) is 10.8 Å². The van der Waals surface area contributed by atoms with Crippen LogP contribution in [-0.4, -0.2) is 15.5 Å². The third kappa shape index (κ3) is 2.40. The summed E-state index contributed by atoms with van der Waals surface area (Å²) in [5.74, 6) is -0.146. The van der Waals surface area contributed by atoms with Crippen molar-refractivity contribution in [2.45, 2.75) is 13.3 Å². The number of benzene rings is 2. The molecule has 0 unspecified atom stereocenters. The van der Waals surface area contributed by atoms with Gasteiger partial charge in [0.1, 0.15) is 4.88 Å². The van der Waals surface area contributed by atoms with Gasteiger partial charge in [0.25, 0.3) is 5.91 Å². The van der Waals surface area contributed by atoms with Gasteiger partial charge in [-0.25, -0.2) is 0 Å². The number of rotatable bonds is 3. The summed E-state index contributed by atoms with van der Waals surface area (Å²) in [4.78, 5) is 12.8. The molecule has 0 fully saturated rings. The first-order chi connectivity index (χ1) is 9.78. The smallest absolute Gasteiger partial charge is 0.269 e. The first kappa shape index (κ1) is 12.7. The van der Waals surface area contributed by atoms with Crippen LogP contribution in [0.5, 0.6) is 0 Å². The largest absolute Gasteiger partial charge is 0.321 e. The normalized spacial score (nSPS) is 10.7. The molecule has 3 rings (SSSR count). The molecule has 0 aliphatic carbocycles. The first-order valence-corrected chi connectivity index (χ1v) is 7.16. The van der Waals surface area contributed by atoms with Gasteiger partial charge in [0.2, 0.25) is 0 Å². The predicted octanol–water partition coefficient (Wildman–Crippen LogP) is 3.51. The molecule has 0 aliphatic heterocycles. The van der Waals surface area contributed by atoms with Gasteiger partial charge < -0.3 is 5.32 Å². The van der Waals surface area contributed by atoms with Gasteiger partial charge in [-0.15, -0.1) is 5.10 Å². The fraction of sp³-hybridized carbons (Fsp3) is 0.133. The number of anilines is 1. The number of carbonyl (C=O) groups is 1. The van der Waals surface area contributed by atoms with E-state index in [-0.39, 0.29) is 5.91 Å². The number of nitrogens with one attached hydrogen (secondary N) is 1. The van der Waals surface area contributed by atoms with Gasteiger partial charge in [0.05, 0.1) is 5.69 Å². The lowest BCUT2D eigenvalue weighted by Crippen LogP contribution is -2.12. The van der Waals surface area contributed by atoms with E-state index in [1.165, 1.54) is 0 Å². The van der Waals surface area contributed by atoms with E-state index in [2.05, 4.69) is 14.9 Å². The Balaban J connectivity index is 1.87. The SMILES string of the molecule is CCc1nnsc1C(=O)Nc1ccc2ccccc2c1. The van der Waals surface area contributed by atoms with Gasteiger partial charge in [-0.1, -0.05) is 41.7 Å². The molecule has 1 aromatic heterocycles. The molecule has 0 spiro atoms. The first-order valence-electron chi connectivity index (χ1n) is 6.39. The Morgan fingerprint density at radius 3 is 2.80 bits per heavy atom. The van der Waals surface area contributed by atoms with Crippen molar-refractivity contribution in [2.75, 3.05) is 5.32 Å². The van der Waals surface area contributed by atoms with Gasteiger partial charge in [-0.2, -0.15) is 0 Å². The molecular formula is C15H13N3OS. The Labute approximate surface area is 120 Å². The molecule has 1 heterocycles. The number of hydrogen-bond acceptors (Lipinski definition) is 4. The second-order valence-electron chi connectivity index (χ2n) is 4.42. The maximum Gasteiger partial charge on any atom is 0.269 e. The van der Waals surface area contributed by atoms with Crippen LogP contribution in [0.3, 0.4) is 0 Å². The number of carbonyl (C=O) groups excluding carboxylic acids is 1. The van der Waals surface area contributed by atoms with Crippen LogP contribution < -0.4 is 5.32 Å². The Morgan fingerprint density at radius 1 is 1.20 bits per heavy atom. The molecule has 4 nitrogen and oxygen atoms in total. The van der Waals surface area contributed by atoms with Crippen molar-refractivity contribution in [1.29, 1.82) is 0 Å². The summed E-state index contributed by atoms with van der Waals surface area (Å²) in [6, 6.07) is 13.9. The van der Waals surface area contributed by atoms with E-state index in [0.717, 1.165) is 33.7 Å². The average molecular weight is 283 g/mol. The zero-order chi connectivity index (χ0) is 13.9. The van der Waals surface area contributed by atoms with Crippen LogP contribution in [0.1, 0.15) is 22.3 Å².